The molecule has 0 heterocycles. The third kappa shape index (κ3) is 4.80. The summed E-state index contributed by atoms with van der Waals surface area (Å²) in [6.45, 7) is 2.66. The Bertz CT molecular complexity index is 767. The SMILES string of the molecule is CCCOc1ccc(C(=O)NC(=S)Nc2ccccc2C#N)cc1. The molecule has 0 spiro atoms. The number of hydrogen-bond acceptors (Lipinski definition) is 4. The minimum Gasteiger partial charge on any atom is -0.494 e. The zero-order valence-corrected chi connectivity index (χ0v) is 14.0. The third-order valence-corrected chi connectivity index (χ3v) is 3.32. The summed E-state index contributed by atoms with van der Waals surface area (Å²) in [5.41, 5.74) is 1.47. The molecule has 24 heavy (non-hydrogen) atoms. The number of nitriles is 1. The van der Waals surface area contributed by atoms with E-state index in [4.69, 9.17) is 22.2 Å². The van der Waals surface area contributed by atoms with Crippen LogP contribution in [0.1, 0.15) is 29.3 Å². The van der Waals surface area contributed by atoms with Crippen molar-refractivity contribution in [2.45, 2.75) is 13.3 Å². The van der Waals surface area contributed by atoms with Gasteiger partial charge in [-0.1, -0.05) is 19.1 Å². The topological polar surface area (TPSA) is 74.2 Å². The minimum atomic E-state index is -0.330. The summed E-state index contributed by atoms with van der Waals surface area (Å²) in [5.74, 6) is 0.390. The number of carbonyl (C=O) groups is 1. The van der Waals surface area contributed by atoms with Crippen molar-refractivity contribution in [3.8, 4) is 11.8 Å². The summed E-state index contributed by atoms with van der Waals surface area (Å²) in [6.07, 6.45) is 0.923. The molecule has 0 aromatic heterocycles. The average molecular weight is 339 g/mol. The Labute approximate surface area is 146 Å². The highest BCUT2D eigenvalue weighted by Gasteiger charge is 2.09. The molecule has 0 saturated carbocycles. The molecule has 122 valence electrons. The van der Waals surface area contributed by atoms with E-state index in [-0.39, 0.29) is 11.0 Å². The van der Waals surface area contributed by atoms with Gasteiger partial charge in [0, 0.05) is 5.56 Å². The summed E-state index contributed by atoms with van der Waals surface area (Å²) in [6, 6.07) is 15.8. The first-order chi connectivity index (χ1) is 11.6. The second-order valence-electron chi connectivity index (χ2n) is 4.94. The van der Waals surface area contributed by atoms with Crippen molar-refractivity contribution in [3.05, 3.63) is 59.7 Å². The monoisotopic (exact) mass is 339 g/mol. The van der Waals surface area contributed by atoms with Gasteiger partial charge in [-0.15, -0.1) is 0 Å². The van der Waals surface area contributed by atoms with E-state index in [0.29, 0.717) is 23.4 Å². The second kappa shape index (κ2) is 8.65. The number of thiocarbonyl (C=S) groups is 1. The van der Waals surface area contributed by atoms with Crippen molar-refractivity contribution in [2.75, 3.05) is 11.9 Å². The van der Waals surface area contributed by atoms with Gasteiger partial charge in [-0.2, -0.15) is 5.26 Å². The van der Waals surface area contributed by atoms with Crippen molar-refractivity contribution < 1.29 is 9.53 Å². The zero-order chi connectivity index (χ0) is 17.4. The lowest BCUT2D eigenvalue weighted by molar-refractivity contribution is 0.0977. The number of rotatable bonds is 5. The van der Waals surface area contributed by atoms with Crippen LogP contribution < -0.4 is 15.4 Å². The molecule has 0 aliphatic rings. The Morgan fingerprint density at radius 2 is 1.92 bits per heavy atom. The van der Waals surface area contributed by atoms with Crippen LogP contribution in [0.3, 0.4) is 0 Å². The predicted octanol–water partition coefficient (Wildman–Crippen LogP) is 3.47. The van der Waals surface area contributed by atoms with E-state index in [1.165, 1.54) is 0 Å². The lowest BCUT2D eigenvalue weighted by Gasteiger charge is -2.11. The highest BCUT2D eigenvalue weighted by molar-refractivity contribution is 7.80. The van der Waals surface area contributed by atoms with E-state index in [1.54, 1.807) is 48.5 Å². The third-order valence-electron chi connectivity index (χ3n) is 3.11. The number of para-hydroxylation sites is 1. The van der Waals surface area contributed by atoms with Crippen LogP contribution in [0.15, 0.2) is 48.5 Å². The van der Waals surface area contributed by atoms with Crippen LogP contribution in [0.2, 0.25) is 0 Å². The fourth-order valence-corrected chi connectivity index (χ4v) is 2.14. The maximum Gasteiger partial charge on any atom is 0.257 e. The molecule has 6 heteroatoms. The molecular weight excluding hydrogens is 322 g/mol. The Morgan fingerprint density at radius 1 is 1.21 bits per heavy atom. The summed E-state index contributed by atoms with van der Waals surface area (Å²) < 4.78 is 5.48. The molecule has 2 aromatic rings. The quantitative estimate of drug-likeness (QED) is 0.816. The summed E-state index contributed by atoms with van der Waals surface area (Å²) >= 11 is 5.13. The maximum atomic E-state index is 12.2. The van der Waals surface area contributed by atoms with Crippen molar-refractivity contribution in [1.82, 2.24) is 5.32 Å². The van der Waals surface area contributed by atoms with Gasteiger partial charge in [0.05, 0.1) is 17.9 Å². The molecule has 2 aromatic carbocycles. The van der Waals surface area contributed by atoms with Crippen LogP contribution in [0.25, 0.3) is 0 Å². The predicted molar refractivity (Wildman–Crippen MR) is 97.1 cm³/mol. The molecule has 0 aliphatic heterocycles. The standard InChI is InChI=1S/C18H17N3O2S/c1-2-11-23-15-9-7-13(8-10-15)17(22)21-18(24)20-16-6-4-3-5-14(16)12-19/h3-10H,2,11H2,1H3,(H2,20,21,22,24). The normalized spacial score (nSPS) is 9.67. The van der Waals surface area contributed by atoms with Gasteiger partial charge in [0.25, 0.3) is 5.91 Å². The molecule has 0 unspecified atom stereocenters. The van der Waals surface area contributed by atoms with Crippen LogP contribution in [-0.4, -0.2) is 17.6 Å². The smallest absolute Gasteiger partial charge is 0.257 e. The highest BCUT2D eigenvalue weighted by Crippen LogP contribution is 2.14. The van der Waals surface area contributed by atoms with Gasteiger partial charge in [0.1, 0.15) is 11.8 Å². The number of hydrogen-bond donors (Lipinski definition) is 2. The van der Waals surface area contributed by atoms with Crippen LogP contribution in [0, 0.1) is 11.3 Å². The van der Waals surface area contributed by atoms with Gasteiger partial charge in [-0.05, 0) is 55.0 Å². The number of benzene rings is 2. The summed E-state index contributed by atoms with van der Waals surface area (Å²) in [7, 11) is 0. The van der Waals surface area contributed by atoms with Crippen molar-refractivity contribution in [3.63, 3.8) is 0 Å². The number of nitrogens with one attached hydrogen (secondary N) is 2. The molecule has 0 bridgehead atoms. The number of carbonyl (C=O) groups excluding carboxylic acids is 1. The molecule has 0 saturated heterocycles. The molecule has 0 atom stereocenters. The van der Waals surface area contributed by atoms with Crippen LogP contribution in [-0.2, 0) is 0 Å². The summed E-state index contributed by atoms with van der Waals surface area (Å²) in [4.78, 5) is 12.2. The minimum absolute atomic E-state index is 0.133. The molecule has 2 rings (SSSR count). The van der Waals surface area contributed by atoms with Crippen LogP contribution in [0.4, 0.5) is 5.69 Å². The molecule has 0 fully saturated rings. The number of ether oxygens (including phenoxy) is 1. The Hall–Kier alpha value is -2.91. The van der Waals surface area contributed by atoms with Gasteiger partial charge in [0.15, 0.2) is 5.11 Å². The molecule has 1 amide bonds. The summed E-state index contributed by atoms with van der Waals surface area (Å²) in [5, 5.41) is 14.6. The zero-order valence-electron chi connectivity index (χ0n) is 13.2. The maximum absolute atomic E-state index is 12.2. The van der Waals surface area contributed by atoms with Gasteiger partial charge >= 0.3 is 0 Å². The molecular formula is C18H17N3O2S. The van der Waals surface area contributed by atoms with E-state index in [0.717, 1.165) is 12.2 Å². The lowest BCUT2D eigenvalue weighted by atomic mass is 10.2. The van der Waals surface area contributed by atoms with Gasteiger partial charge in [0.2, 0.25) is 0 Å². The molecule has 0 radical (unpaired) electrons. The van der Waals surface area contributed by atoms with Crippen LogP contribution >= 0.6 is 12.2 Å². The van der Waals surface area contributed by atoms with Gasteiger partial charge < -0.3 is 10.1 Å². The Balaban J connectivity index is 1.96. The van der Waals surface area contributed by atoms with E-state index in [9.17, 15) is 4.79 Å². The van der Waals surface area contributed by atoms with E-state index in [1.807, 2.05) is 6.92 Å². The Kier molecular flexibility index (Phi) is 6.29. The van der Waals surface area contributed by atoms with Gasteiger partial charge in [-0.3, -0.25) is 10.1 Å². The Morgan fingerprint density at radius 3 is 2.58 bits per heavy atom. The van der Waals surface area contributed by atoms with Crippen molar-refractivity contribution in [2.24, 2.45) is 0 Å². The van der Waals surface area contributed by atoms with E-state index >= 15 is 0 Å². The molecule has 2 N–H and O–H groups in total. The fraction of sp³-hybridized carbons (Fsp3) is 0.167. The highest BCUT2D eigenvalue weighted by atomic mass is 32.1. The average Bonchev–Trinajstić information content (AvgIpc) is 2.60. The molecule has 5 nitrogen and oxygen atoms in total. The number of amides is 1. The second-order valence-corrected chi connectivity index (χ2v) is 5.35. The molecule has 0 aliphatic carbocycles. The van der Waals surface area contributed by atoms with Crippen molar-refractivity contribution >= 4 is 28.9 Å². The number of nitrogens with zero attached hydrogens (tertiary/aromatic N) is 1. The van der Waals surface area contributed by atoms with E-state index < -0.39 is 0 Å². The fourth-order valence-electron chi connectivity index (χ4n) is 1.94. The first kappa shape index (κ1) is 17.4. The number of anilines is 1. The van der Waals surface area contributed by atoms with E-state index in [2.05, 4.69) is 16.7 Å². The lowest BCUT2D eigenvalue weighted by Crippen LogP contribution is -2.34. The van der Waals surface area contributed by atoms with Gasteiger partial charge in [-0.25, -0.2) is 0 Å². The first-order valence-electron chi connectivity index (χ1n) is 7.48. The first-order valence-corrected chi connectivity index (χ1v) is 7.89. The largest absolute Gasteiger partial charge is 0.494 e. The van der Waals surface area contributed by atoms with Crippen molar-refractivity contribution in [1.29, 1.82) is 5.26 Å². The van der Waals surface area contributed by atoms with Crippen LogP contribution in [0.5, 0.6) is 5.75 Å².